The maximum Gasteiger partial charge on any atom is 0.138 e. The van der Waals surface area contributed by atoms with Crippen LogP contribution in [0.25, 0.3) is 44.6 Å². The van der Waals surface area contributed by atoms with E-state index in [1.54, 1.807) is 6.20 Å². The fourth-order valence-corrected chi connectivity index (χ4v) is 4.61. The molecule has 1 aliphatic heterocycles. The number of nitrogens with zero attached hydrogens (tertiary/aromatic N) is 6. The summed E-state index contributed by atoms with van der Waals surface area (Å²) in [5.74, 6) is 0.276. The van der Waals surface area contributed by atoms with E-state index in [9.17, 15) is 4.39 Å². The standard InChI is InChI=1S/C27H27FN8O/c1-35(2)8-9-37-19-11-16(10-18(28)12-19)20-6-7-29-27-21(20)13-24(32-27)26-25-23(33-34-26)5-4-22(31-25)17-14-30-36(3)15-17/h4-7,10-14,17H,8-9,15H2,1-3H3,(H,29,32)(H,33,34). The molecule has 6 rings (SSSR count). The van der Waals surface area contributed by atoms with E-state index in [-0.39, 0.29) is 11.7 Å². The van der Waals surface area contributed by atoms with E-state index in [2.05, 4.69) is 25.3 Å². The SMILES string of the molecule is CN(C)CCOc1cc(F)cc(-c2ccnc3[nH]c(-c4n[nH]c5ccc(C6C=NN(C)C6)nc45)cc23)c1. The first-order valence-electron chi connectivity index (χ1n) is 12.1. The zero-order chi connectivity index (χ0) is 25.5. The number of hydrogen-bond acceptors (Lipinski definition) is 7. The van der Waals surface area contributed by atoms with Crippen molar-refractivity contribution in [3.05, 3.63) is 60.2 Å². The highest BCUT2D eigenvalue weighted by molar-refractivity contribution is 5.98. The lowest BCUT2D eigenvalue weighted by Gasteiger charge is -2.12. The lowest BCUT2D eigenvalue weighted by Crippen LogP contribution is -2.19. The van der Waals surface area contributed by atoms with Gasteiger partial charge < -0.3 is 14.6 Å². The van der Waals surface area contributed by atoms with Crippen molar-refractivity contribution < 1.29 is 9.13 Å². The van der Waals surface area contributed by atoms with Crippen LogP contribution in [0.4, 0.5) is 4.39 Å². The van der Waals surface area contributed by atoms with Gasteiger partial charge in [-0.25, -0.2) is 14.4 Å². The molecule has 0 aliphatic carbocycles. The Bertz CT molecular complexity index is 1620. The number of fused-ring (bicyclic) bond motifs is 2. The van der Waals surface area contributed by atoms with Crippen LogP contribution < -0.4 is 4.74 Å². The van der Waals surface area contributed by atoms with Crippen molar-refractivity contribution >= 4 is 28.3 Å². The maximum absolute atomic E-state index is 14.5. The quantitative estimate of drug-likeness (QED) is 0.348. The monoisotopic (exact) mass is 498 g/mol. The third-order valence-electron chi connectivity index (χ3n) is 6.49. The molecule has 5 aromatic rings. The van der Waals surface area contributed by atoms with Gasteiger partial charge in [0.25, 0.3) is 0 Å². The predicted octanol–water partition coefficient (Wildman–Crippen LogP) is 4.26. The normalized spacial score (nSPS) is 15.5. The number of pyridine rings is 2. The highest BCUT2D eigenvalue weighted by Gasteiger charge is 2.21. The van der Waals surface area contributed by atoms with Crippen LogP contribution in [0.2, 0.25) is 0 Å². The molecule has 5 heterocycles. The fraction of sp³-hybridized carbons (Fsp3) is 0.259. The van der Waals surface area contributed by atoms with Gasteiger partial charge in [0.1, 0.15) is 35.0 Å². The van der Waals surface area contributed by atoms with Crippen molar-refractivity contribution in [3.63, 3.8) is 0 Å². The number of rotatable bonds is 7. The van der Waals surface area contributed by atoms with Crippen LogP contribution in [0.15, 0.2) is 53.8 Å². The molecule has 0 amide bonds. The first-order chi connectivity index (χ1) is 17.9. The van der Waals surface area contributed by atoms with Crippen molar-refractivity contribution in [1.29, 1.82) is 0 Å². The van der Waals surface area contributed by atoms with E-state index >= 15 is 0 Å². The average molecular weight is 499 g/mol. The fourth-order valence-electron chi connectivity index (χ4n) is 4.61. The average Bonchev–Trinajstić information content (AvgIpc) is 3.60. The summed E-state index contributed by atoms with van der Waals surface area (Å²) in [6, 6.07) is 12.7. The Balaban J connectivity index is 1.38. The van der Waals surface area contributed by atoms with Crippen molar-refractivity contribution in [2.75, 3.05) is 40.8 Å². The van der Waals surface area contributed by atoms with Crippen molar-refractivity contribution in [2.24, 2.45) is 5.10 Å². The first kappa shape index (κ1) is 23.1. The van der Waals surface area contributed by atoms with E-state index in [1.807, 2.05) is 67.6 Å². The Morgan fingerprint density at radius 1 is 1.16 bits per heavy atom. The molecule has 0 bridgehead atoms. The highest BCUT2D eigenvalue weighted by Crippen LogP contribution is 2.35. The topological polar surface area (TPSA) is 98.3 Å². The van der Waals surface area contributed by atoms with Crippen LogP contribution in [0, 0.1) is 5.82 Å². The highest BCUT2D eigenvalue weighted by atomic mass is 19.1. The molecule has 0 fully saturated rings. The van der Waals surface area contributed by atoms with Crippen LogP contribution in [0.1, 0.15) is 11.6 Å². The summed E-state index contributed by atoms with van der Waals surface area (Å²) in [5, 5.41) is 14.7. The van der Waals surface area contributed by atoms with Crippen molar-refractivity contribution in [2.45, 2.75) is 5.92 Å². The first-order valence-corrected chi connectivity index (χ1v) is 12.1. The number of halogens is 1. The Kier molecular flexibility index (Phi) is 5.80. The molecule has 10 heteroatoms. The molecule has 0 saturated heterocycles. The number of aromatic amines is 2. The largest absolute Gasteiger partial charge is 0.492 e. The molecule has 1 aromatic carbocycles. The number of ether oxygens (including phenoxy) is 1. The Hall–Kier alpha value is -4.31. The summed E-state index contributed by atoms with van der Waals surface area (Å²) in [6.07, 6.45) is 3.63. The second kappa shape index (κ2) is 9.29. The zero-order valence-corrected chi connectivity index (χ0v) is 20.9. The molecular formula is C27H27FN8O. The third kappa shape index (κ3) is 4.51. The number of likely N-dealkylation sites (N-methyl/N-ethyl adjacent to an activating group) is 2. The molecule has 0 spiro atoms. The second-order valence-electron chi connectivity index (χ2n) is 9.55. The van der Waals surface area contributed by atoms with E-state index in [0.29, 0.717) is 23.7 Å². The zero-order valence-electron chi connectivity index (χ0n) is 20.9. The van der Waals surface area contributed by atoms with E-state index in [4.69, 9.17) is 9.72 Å². The minimum atomic E-state index is -0.353. The third-order valence-corrected chi connectivity index (χ3v) is 6.49. The van der Waals surface area contributed by atoms with Gasteiger partial charge in [-0.2, -0.15) is 10.2 Å². The van der Waals surface area contributed by atoms with Gasteiger partial charge in [-0.15, -0.1) is 0 Å². The van der Waals surface area contributed by atoms with Crippen LogP contribution in [-0.4, -0.2) is 82.1 Å². The molecule has 0 saturated carbocycles. The van der Waals surface area contributed by atoms with Crippen LogP contribution in [-0.2, 0) is 0 Å². The van der Waals surface area contributed by atoms with Crippen LogP contribution in [0.5, 0.6) is 5.75 Å². The van der Waals surface area contributed by atoms with Gasteiger partial charge in [0, 0.05) is 44.0 Å². The minimum absolute atomic E-state index is 0.134. The lowest BCUT2D eigenvalue weighted by atomic mass is 10.0. The Morgan fingerprint density at radius 3 is 2.86 bits per heavy atom. The molecule has 2 N–H and O–H groups in total. The van der Waals surface area contributed by atoms with Crippen molar-refractivity contribution in [3.8, 4) is 28.3 Å². The van der Waals surface area contributed by atoms with Crippen LogP contribution in [0.3, 0.4) is 0 Å². The molecule has 1 atom stereocenters. The Morgan fingerprint density at radius 2 is 2.05 bits per heavy atom. The number of nitrogens with one attached hydrogen (secondary N) is 2. The maximum atomic E-state index is 14.5. The second-order valence-corrected chi connectivity index (χ2v) is 9.55. The van der Waals surface area contributed by atoms with Gasteiger partial charge in [0.2, 0.25) is 0 Å². The van der Waals surface area contributed by atoms with Gasteiger partial charge in [-0.05, 0) is 61.6 Å². The molecule has 1 aliphatic rings. The smallest absolute Gasteiger partial charge is 0.138 e. The summed E-state index contributed by atoms with van der Waals surface area (Å²) < 4.78 is 20.3. The molecule has 37 heavy (non-hydrogen) atoms. The van der Waals surface area contributed by atoms with Crippen LogP contribution >= 0.6 is 0 Å². The summed E-state index contributed by atoms with van der Waals surface area (Å²) in [5.41, 5.74) is 6.30. The number of benzene rings is 1. The van der Waals surface area contributed by atoms with Gasteiger partial charge in [0.05, 0.1) is 22.8 Å². The number of hydrazone groups is 1. The number of H-pyrrole nitrogens is 2. The number of aromatic nitrogens is 5. The van der Waals surface area contributed by atoms with Crippen molar-refractivity contribution in [1.82, 2.24) is 35.1 Å². The Labute approximate surface area is 213 Å². The summed E-state index contributed by atoms with van der Waals surface area (Å²) in [7, 11) is 5.89. The molecule has 4 aromatic heterocycles. The predicted molar refractivity (Wildman–Crippen MR) is 142 cm³/mol. The molecular weight excluding hydrogens is 471 g/mol. The van der Waals surface area contributed by atoms with Gasteiger partial charge in [-0.3, -0.25) is 10.1 Å². The van der Waals surface area contributed by atoms with E-state index in [0.717, 1.165) is 52.0 Å². The van der Waals surface area contributed by atoms with E-state index in [1.165, 1.54) is 12.1 Å². The summed E-state index contributed by atoms with van der Waals surface area (Å²) in [4.78, 5) is 14.8. The molecule has 1 unspecified atom stereocenters. The molecule has 0 radical (unpaired) electrons. The van der Waals surface area contributed by atoms with Gasteiger partial charge in [-0.1, -0.05) is 0 Å². The number of hydrogen-bond donors (Lipinski definition) is 2. The summed E-state index contributed by atoms with van der Waals surface area (Å²) in [6.45, 7) is 2.00. The van der Waals surface area contributed by atoms with Gasteiger partial charge in [0.15, 0.2) is 0 Å². The molecule has 9 nitrogen and oxygen atoms in total. The lowest BCUT2D eigenvalue weighted by molar-refractivity contribution is 0.260. The minimum Gasteiger partial charge on any atom is -0.492 e. The van der Waals surface area contributed by atoms with E-state index < -0.39 is 0 Å². The molecule has 188 valence electrons. The summed E-state index contributed by atoms with van der Waals surface area (Å²) >= 11 is 0. The van der Waals surface area contributed by atoms with Gasteiger partial charge >= 0.3 is 0 Å².